The zero-order valence-corrected chi connectivity index (χ0v) is 23.2. The molecule has 2 aromatic carbocycles. The average molecular weight is 571 g/mol. The molecule has 0 saturated carbocycles. The molecule has 212 valence electrons. The maximum atomic E-state index is 16.5. The molecule has 1 fully saturated rings. The highest BCUT2D eigenvalue weighted by Crippen LogP contribution is 2.44. The molecule has 1 saturated heterocycles. The zero-order chi connectivity index (χ0) is 28.6. The van der Waals surface area contributed by atoms with Gasteiger partial charge in [0.15, 0.2) is 5.82 Å². The third-order valence-corrected chi connectivity index (χ3v) is 7.87. The number of ether oxygens (including phenoxy) is 1. The number of hydrogen-bond donors (Lipinski definition) is 2. The van der Waals surface area contributed by atoms with E-state index in [0.29, 0.717) is 50.2 Å². The Balaban J connectivity index is 1.59. The van der Waals surface area contributed by atoms with Crippen molar-refractivity contribution in [3.8, 4) is 6.01 Å². The molecule has 5 rings (SSSR count). The molecule has 2 atom stereocenters. The monoisotopic (exact) mass is 570 g/mol. The highest BCUT2D eigenvalue weighted by molar-refractivity contribution is 6.32. The van der Waals surface area contributed by atoms with Gasteiger partial charge in [0.1, 0.15) is 17.9 Å². The van der Waals surface area contributed by atoms with E-state index in [1.54, 1.807) is 20.2 Å². The number of fused-ring (bicyclic) bond motifs is 2. The molecule has 1 aromatic heterocycles. The van der Waals surface area contributed by atoms with Gasteiger partial charge in [-0.05, 0) is 30.0 Å². The van der Waals surface area contributed by atoms with Crippen LogP contribution in [-0.2, 0) is 11.2 Å². The standard InChI is InChI=1S/C28H32ClFN6O4/c1-34(2)22(38)7-12-40-28-32-25-20(26(33-28)35-8-10-36(11-9-35)27(31)39)15-21(29)23(24(25)30)19-14-17(37)13-16-5-3-4-6-18(16)19/h3-6,15,17,19,37H,7-14H2,1-2H3,(H2,31,39)/t17?,19-/m0/s1. The van der Waals surface area contributed by atoms with Crippen molar-refractivity contribution < 1.29 is 23.8 Å². The van der Waals surface area contributed by atoms with Gasteiger partial charge in [-0.15, -0.1) is 0 Å². The van der Waals surface area contributed by atoms with Crippen molar-refractivity contribution >= 4 is 40.3 Å². The Morgan fingerprint density at radius 1 is 1.20 bits per heavy atom. The van der Waals surface area contributed by atoms with Gasteiger partial charge >= 0.3 is 12.0 Å². The van der Waals surface area contributed by atoms with E-state index in [4.69, 9.17) is 22.1 Å². The summed E-state index contributed by atoms with van der Waals surface area (Å²) in [6.07, 6.45) is 0.280. The summed E-state index contributed by atoms with van der Waals surface area (Å²) in [5.41, 5.74) is 7.61. The number of urea groups is 1. The summed E-state index contributed by atoms with van der Waals surface area (Å²) >= 11 is 6.78. The van der Waals surface area contributed by atoms with Crippen molar-refractivity contribution in [3.05, 3.63) is 57.9 Å². The minimum absolute atomic E-state index is 0.0155. The predicted octanol–water partition coefficient (Wildman–Crippen LogP) is 2.92. The number of benzene rings is 2. The van der Waals surface area contributed by atoms with Crippen LogP contribution >= 0.6 is 11.6 Å². The molecular weight excluding hydrogens is 539 g/mol. The molecule has 1 unspecified atom stereocenters. The number of amides is 3. The van der Waals surface area contributed by atoms with Crippen LogP contribution in [0.25, 0.3) is 10.9 Å². The van der Waals surface area contributed by atoms with Crippen molar-refractivity contribution in [2.75, 3.05) is 51.8 Å². The number of hydrogen-bond acceptors (Lipinski definition) is 7. The summed E-state index contributed by atoms with van der Waals surface area (Å²) < 4.78 is 22.3. The Morgan fingerprint density at radius 2 is 1.93 bits per heavy atom. The quantitative estimate of drug-likeness (QED) is 0.467. The van der Waals surface area contributed by atoms with E-state index in [1.165, 1.54) is 9.80 Å². The van der Waals surface area contributed by atoms with Crippen LogP contribution in [-0.4, -0.2) is 89.8 Å². The maximum absolute atomic E-state index is 16.5. The Kier molecular flexibility index (Phi) is 7.95. The van der Waals surface area contributed by atoms with Gasteiger partial charge in [0.2, 0.25) is 5.91 Å². The number of carbonyl (C=O) groups is 2. The topological polar surface area (TPSA) is 125 Å². The lowest BCUT2D eigenvalue weighted by Gasteiger charge is -2.35. The normalized spacial score (nSPS) is 18.9. The second-order valence-electron chi connectivity index (χ2n) is 10.4. The van der Waals surface area contributed by atoms with E-state index in [1.807, 2.05) is 29.2 Å². The average Bonchev–Trinajstić information content (AvgIpc) is 2.93. The predicted molar refractivity (Wildman–Crippen MR) is 149 cm³/mol. The number of aromatic nitrogens is 2. The summed E-state index contributed by atoms with van der Waals surface area (Å²) in [6.45, 7) is 1.59. The first-order chi connectivity index (χ1) is 19.1. The molecule has 40 heavy (non-hydrogen) atoms. The minimum atomic E-state index is -0.637. The molecular formula is C28H32ClFN6O4. The molecule has 10 nitrogen and oxygen atoms in total. The number of carbonyl (C=O) groups excluding carboxylic acids is 2. The summed E-state index contributed by atoms with van der Waals surface area (Å²) in [5, 5.41) is 11.2. The first kappa shape index (κ1) is 27.9. The van der Waals surface area contributed by atoms with E-state index in [-0.39, 0.29) is 41.0 Å². The SMILES string of the molecule is CN(C)C(=O)CCOc1nc(N2CCN(C(N)=O)CC2)c2cc(Cl)c([C@H]3CC(O)Cc4ccccc43)c(F)c2n1. The van der Waals surface area contributed by atoms with Crippen LogP contribution in [0.5, 0.6) is 6.01 Å². The lowest BCUT2D eigenvalue weighted by atomic mass is 9.77. The molecule has 0 bridgehead atoms. The number of aliphatic hydroxyl groups is 1. The first-order valence-electron chi connectivity index (χ1n) is 13.2. The second kappa shape index (κ2) is 11.4. The van der Waals surface area contributed by atoms with Crippen LogP contribution in [0.3, 0.4) is 0 Å². The third kappa shape index (κ3) is 5.48. The lowest BCUT2D eigenvalue weighted by Crippen LogP contribution is -2.50. The summed E-state index contributed by atoms with van der Waals surface area (Å²) in [6, 6.07) is 8.75. The Bertz CT molecular complexity index is 1450. The summed E-state index contributed by atoms with van der Waals surface area (Å²) in [7, 11) is 3.30. The van der Waals surface area contributed by atoms with Crippen molar-refractivity contribution in [2.24, 2.45) is 5.73 Å². The summed E-state index contributed by atoms with van der Waals surface area (Å²) in [4.78, 5) is 37.6. The number of aliphatic hydroxyl groups excluding tert-OH is 1. The number of halogens is 2. The van der Waals surface area contributed by atoms with Gasteiger partial charge in [-0.1, -0.05) is 35.9 Å². The largest absolute Gasteiger partial charge is 0.463 e. The van der Waals surface area contributed by atoms with Crippen LogP contribution in [0.15, 0.2) is 30.3 Å². The Hall–Kier alpha value is -3.70. The molecule has 0 radical (unpaired) electrons. The van der Waals surface area contributed by atoms with Crippen LogP contribution in [0.1, 0.15) is 35.4 Å². The lowest BCUT2D eigenvalue weighted by molar-refractivity contribution is -0.129. The molecule has 12 heteroatoms. The smallest absolute Gasteiger partial charge is 0.319 e. The number of anilines is 1. The highest BCUT2D eigenvalue weighted by Gasteiger charge is 2.33. The molecule has 2 aliphatic rings. The van der Waals surface area contributed by atoms with Crippen molar-refractivity contribution in [3.63, 3.8) is 0 Å². The van der Waals surface area contributed by atoms with E-state index >= 15 is 4.39 Å². The van der Waals surface area contributed by atoms with Gasteiger partial charge in [0.05, 0.1) is 12.5 Å². The molecule has 3 amide bonds. The fraction of sp³-hybridized carbons (Fsp3) is 0.429. The number of rotatable bonds is 6. The van der Waals surface area contributed by atoms with Crippen molar-refractivity contribution in [2.45, 2.75) is 31.3 Å². The second-order valence-corrected chi connectivity index (χ2v) is 10.8. The van der Waals surface area contributed by atoms with Crippen LogP contribution in [0, 0.1) is 5.82 Å². The van der Waals surface area contributed by atoms with Crippen molar-refractivity contribution in [1.29, 1.82) is 0 Å². The molecule has 3 aromatic rings. The van der Waals surface area contributed by atoms with Gasteiger partial charge in [-0.3, -0.25) is 4.79 Å². The fourth-order valence-electron chi connectivity index (χ4n) is 5.46. The zero-order valence-electron chi connectivity index (χ0n) is 22.4. The summed E-state index contributed by atoms with van der Waals surface area (Å²) in [5.74, 6) is -0.778. The number of piperazine rings is 1. The molecule has 1 aliphatic carbocycles. The van der Waals surface area contributed by atoms with Gasteiger partial charge in [-0.25, -0.2) is 9.18 Å². The van der Waals surface area contributed by atoms with Gasteiger partial charge in [-0.2, -0.15) is 9.97 Å². The molecule has 3 N–H and O–H groups in total. The molecule has 0 spiro atoms. The minimum Gasteiger partial charge on any atom is -0.463 e. The maximum Gasteiger partial charge on any atom is 0.319 e. The fourth-order valence-corrected chi connectivity index (χ4v) is 5.78. The van der Waals surface area contributed by atoms with E-state index in [0.717, 1.165) is 11.1 Å². The Morgan fingerprint density at radius 3 is 2.62 bits per heavy atom. The number of nitrogens with zero attached hydrogens (tertiary/aromatic N) is 5. The molecule has 2 heterocycles. The van der Waals surface area contributed by atoms with E-state index in [2.05, 4.69) is 9.97 Å². The van der Waals surface area contributed by atoms with Crippen molar-refractivity contribution in [1.82, 2.24) is 19.8 Å². The molecule has 1 aliphatic heterocycles. The van der Waals surface area contributed by atoms with E-state index < -0.39 is 23.9 Å². The van der Waals surface area contributed by atoms with Crippen LogP contribution < -0.4 is 15.4 Å². The van der Waals surface area contributed by atoms with Gasteiger partial charge in [0.25, 0.3) is 0 Å². The number of nitrogens with two attached hydrogens (primary N) is 1. The van der Waals surface area contributed by atoms with E-state index in [9.17, 15) is 14.7 Å². The number of primary amides is 1. The highest BCUT2D eigenvalue weighted by atomic mass is 35.5. The van der Waals surface area contributed by atoms with Gasteiger partial charge in [0, 0.05) is 62.2 Å². The van der Waals surface area contributed by atoms with Crippen LogP contribution in [0.4, 0.5) is 15.0 Å². The first-order valence-corrected chi connectivity index (χ1v) is 13.6. The van der Waals surface area contributed by atoms with Crippen LogP contribution in [0.2, 0.25) is 5.02 Å². The van der Waals surface area contributed by atoms with Gasteiger partial charge < -0.3 is 30.3 Å². The Labute approximate surface area is 236 Å². The third-order valence-electron chi connectivity index (χ3n) is 7.56.